The van der Waals surface area contributed by atoms with Gasteiger partial charge in [0, 0.05) is 19.2 Å². The second-order valence-corrected chi connectivity index (χ2v) is 6.81. The normalized spacial score (nSPS) is 12.1. The summed E-state index contributed by atoms with van der Waals surface area (Å²) in [6.45, 7) is 2.58. The topological polar surface area (TPSA) is 52.0 Å². The Morgan fingerprint density at radius 3 is 2.67 bits per heavy atom. The van der Waals surface area contributed by atoms with Gasteiger partial charge >= 0.3 is 0 Å². The summed E-state index contributed by atoms with van der Waals surface area (Å²) < 4.78 is 24.6. The Morgan fingerprint density at radius 2 is 2.00 bits per heavy atom. The third kappa shape index (κ3) is 2.90. The first kappa shape index (κ1) is 13.1. The van der Waals surface area contributed by atoms with Crippen LogP contribution in [0.5, 0.6) is 0 Å². The number of fused-ring (bicyclic) bond motifs is 1. The molecule has 18 heavy (non-hydrogen) atoms. The lowest BCUT2D eigenvalue weighted by atomic mass is 10.3. The van der Waals surface area contributed by atoms with E-state index < -0.39 is 9.84 Å². The molecule has 2 aromatic rings. The first-order chi connectivity index (χ1) is 8.51. The van der Waals surface area contributed by atoms with E-state index in [1.807, 2.05) is 28.8 Å². The van der Waals surface area contributed by atoms with Crippen LogP contribution in [0.2, 0.25) is 0 Å². The van der Waals surface area contributed by atoms with Gasteiger partial charge in [-0.25, -0.2) is 13.4 Å². The number of benzene rings is 1. The molecule has 0 fully saturated rings. The van der Waals surface area contributed by atoms with Crippen molar-refractivity contribution in [1.82, 2.24) is 9.55 Å². The van der Waals surface area contributed by atoms with Crippen molar-refractivity contribution < 1.29 is 8.42 Å². The Morgan fingerprint density at radius 1 is 1.28 bits per heavy atom. The highest BCUT2D eigenvalue weighted by molar-refractivity contribution is 7.90. The molecule has 0 radical (unpaired) electrons. The van der Waals surface area contributed by atoms with Gasteiger partial charge in [-0.05, 0) is 18.6 Å². The van der Waals surface area contributed by atoms with Crippen molar-refractivity contribution >= 4 is 20.9 Å². The van der Waals surface area contributed by atoms with E-state index in [1.165, 1.54) is 6.26 Å². The SMILES string of the molecule is CCCc1nc2ccccc2n1CCS(C)(=O)=O. The molecule has 4 nitrogen and oxygen atoms in total. The summed E-state index contributed by atoms with van der Waals surface area (Å²) in [5, 5.41) is 0. The number of aromatic nitrogens is 2. The Balaban J connectivity index is 2.41. The molecule has 0 aliphatic heterocycles. The lowest BCUT2D eigenvalue weighted by molar-refractivity contribution is 0.593. The standard InChI is InChI=1S/C13H18N2O2S/c1-3-6-13-14-11-7-4-5-8-12(11)15(13)9-10-18(2,16)17/h4-5,7-8H,3,6,9-10H2,1-2H3. The minimum absolute atomic E-state index is 0.157. The molecule has 0 unspecified atom stereocenters. The predicted octanol–water partition coefficient (Wildman–Crippen LogP) is 2.03. The predicted molar refractivity (Wildman–Crippen MR) is 73.4 cm³/mol. The number of hydrogen-bond acceptors (Lipinski definition) is 3. The van der Waals surface area contributed by atoms with E-state index in [9.17, 15) is 8.42 Å². The van der Waals surface area contributed by atoms with Crippen LogP contribution in [-0.4, -0.2) is 30.0 Å². The van der Waals surface area contributed by atoms with E-state index in [0.29, 0.717) is 6.54 Å². The molecule has 5 heteroatoms. The van der Waals surface area contributed by atoms with Gasteiger partial charge in [0.05, 0.1) is 16.8 Å². The summed E-state index contributed by atoms with van der Waals surface area (Å²) in [5.41, 5.74) is 1.96. The zero-order valence-corrected chi connectivity index (χ0v) is 11.6. The Bertz CT molecular complexity index is 644. The van der Waals surface area contributed by atoms with Crippen LogP contribution in [0, 0.1) is 0 Å². The number of imidazole rings is 1. The van der Waals surface area contributed by atoms with E-state index in [-0.39, 0.29) is 5.75 Å². The van der Waals surface area contributed by atoms with Crippen LogP contribution in [0.15, 0.2) is 24.3 Å². The lowest BCUT2D eigenvalue weighted by Gasteiger charge is -2.07. The van der Waals surface area contributed by atoms with Gasteiger partial charge in [-0.3, -0.25) is 0 Å². The molecular weight excluding hydrogens is 248 g/mol. The third-order valence-corrected chi connectivity index (χ3v) is 3.82. The van der Waals surface area contributed by atoms with Crippen LogP contribution in [0.1, 0.15) is 19.2 Å². The molecule has 0 saturated carbocycles. The Kier molecular flexibility index (Phi) is 3.71. The number of sulfone groups is 1. The van der Waals surface area contributed by atoms with Gasteiger partial charge in [-0.1, -0.05) is 19.1 Å². The zero-order valence-electron chi connectivity index (χ0n) is 10.8. The van der Waals surface area contributed by atoms with Gasteiger partial charge in [0.25, 0.3) is 0 Å². The maximum Gasteiger partial charge on any atom is 0.149 e. The van der Waals surface area contributed by atoms with Crippen molar-refractivity contribution in [3.63, 3.8) is 0 Å². The van der Waals surface area contributed by atoms with Gasteiger partial charge in [0.2, 0.25) is 0 Å². The lowest BCUT2D eigenvalue weighted by Crippen LogP contribution is -2.13. The molecule has 0 spiro atoms. The fourth-order valence-electron chi connectivity index (χ4n) is 2.05. The van der Waals surface area contributed by atoms with Gasteiger partial charge in [0.15, 0.2) is 0 Å². The van der Waals surface area contributed by atoms with Gasteiger partial charge in [-0.2, -0.15) is 0 Å². The van der Waals surface area contributed by atoms with E-state index in [0.717, 1.165) is 29.7 Å². The van der Waals surface area contributed by atoms with Gasteiger partial charge < -0.3 is 4.57 Å². The molecule has 0 bridgehead atoms. The van der Waals surface area contributed by atoms with Crippen LogP contribution in [0.4, 0.5) is 0 Å². The first-order valence-corrected chi connectivity index (χ1v) is 8.19. The van der Waals surface area contributed by atoms with E-state index in [2.05, 4.69) is 11.9 Å². The van der Waals surface area contributed by atoms with E-state index >= 15 is 0 Å². The van der Waals surface area contributed by atoms with Crippen molar-refractivity contribution in [3.05, 3.63) is 30.1 Å². The highest BCUT2D eigenvalue weighted by Gasteiger charge is 2.11. The summed E-state index contributed by atoms with van der Waals surface area (Å²) in [7, 11) is -2.95. The van der Waals surface area contributed by atoms with Crippen molar-refractivity contribution in [2.75, 3.05) is 12.0 Å². The van der Waals surface area contributed by atoms with Crippen molar-refractivity contribution in [2.45, 2.75) is 26.3 Å². The summed E-state index contributed by atoms with van der Waals surface area (Å²) in [6, 6.07) is 7.86. The third-order valence-electron chi connectivity index (χ3n) is 2.89. The molecule has 0 atom stereocenters. The van der Waals surface area contributed by atoms with Crippen molar-refractivity contribution in [2.24, 2.45) is 0 Å². The van der Waals surface area contributed by atoms with E-state index in [1.54, 1.807) is 0 Å². The quantitative estimate of drug-likeness (QED) is 0.832. The molecule has 0 aliphatic rings. The fourth-order valence-corrected chi connectivity index (χ4v) is 2.56. The number of para-hydroxylation sites is 2. The monoisotopic (exact) mass is 266 g/mol. The van der Waals surface area contributed by atoms with Crippen LogP contribution in [-0.2, 0) is 22.8 Å². The number of hydrogen-bond donors (Lipinski definition) is 0. The molecular formula is C13H18N2O2S. The van der Waals surface area contributed by atoms with Gasteiger partial charge in [0.1, 0.15) is 15.7 Å². The molecule has 98 valence electrons. The average Bonchev–Trinajstić information content (AvgIpc) is 2.63. The Labute approximate surface area is 108 Å². The van der Waals surface area contributed by atoms with Crippen LogP contribution < -0.4 is 0 Å². The number of nitrogens with zero attached hydrogens (tertiary/aromatic N) is 2. The van der Waals surface area contributed by atoms with Crippen LogP contribution >= 0.6 is 0 Å². The number of aryl methyl sites for hydroxylation is 2. The smallest absolute Gasteiger partial charge is 0.149 e. The summed E-state index contributed by atoms with van der Waals surface area (Å²) >= 11 is 0. The van der Waals surface area contributed by atoms with E-state index in [4.69, 9.17) is 0 Å². The Hall–Kier alpha value is -1.36. The summed E-state index contributed by atoms with van der Waals surface area (Å²) in [4.78, 5) is 4.57. The second-order valence-electron chi connectivity index (χ2n) is 4.55. The second kappa shape index (κ2) is 5.10. The molecule has 1 heterocycles. The van der Waals surface area contributed by atoms with Crippen LogP contribution in [0.3, 0.4) is 0 Å². The summed E-state index contributed by atoms with van der Waals surface area (Å²) in [6.07, 6.45) is 3.15. The fraction of sp³-hybridized carbons (Fsp3) is 0.462. The average molecular weight is 266 g/mol. The molecule has 1 aromatic carbocycles. The maximum absolute atomic E-state index is 11.3. The minimum atomic E-state index is -2.95. The van der Waals surface area contributed by atoms with Crippen molar-refractivity contribution in [1.29, 1.82) is 0 Å². The van der Waals surface area contributed by atoms with Crippen molar-refractivity contribution in [3.8, 4) is 0 Å². The summed E-state index contributed by atoms with van der Waals surface area (Å²) in [5.74, 6) is 1.13. The highest BCUT2D eigenvalue weighted by atomic mass is 32.2. The van der Waals surface area contributed by atoms with Crippen LogP contribution in [0.25, 0.3) is 11.0 Å². The molecule has 0 amide bonds. The molecule has 2 rings (SSSR count). The molecule has 0 aliphatic carbocycles. The zero-order chi connectivity index (χ0) is 13.2. The molecule has 1 aromatic heterocycles. The number of rotatable bonds is 5. The first-order valence-electron chi connectivity index (χ1n) is 6.13. The maximum atomic E-state index is 11.3. The molecule has 0 saturated heterocycles. The largest absolute Gasteiger partial charge is 0.327 e. The minimum Gasteiger partial charge on any atom is -0.327 e. The molecule has 0 N–H and O–H groups in total. The van der Waals surface area contributed by atoms with Gasteiger partial charge in [-0.15, -0.1) is 0 Å². The highest BCUT2D eigenvalue weighted by Crippen LogP contribution is 2.17.